The molecule has 0 bridgehead atoms. The smallest absolute Gasteiger partial charge is 0.254 e. The number of carbonyl (C=O) groups is 1. The maximum Gasteiger partial charge on any atom is 0.254 e. The van der Waals surface area contributed by atoms with E-state index in [0.717, 1.165) is 47.2 Å². The predicted molar refractivity (Wildman–Crippen MR) is 101 cm³/mol. The van der Waals surface area contributed by atoms with E-state index in [-0.39, 0.29) is 11.7 Å². The highest BCUT2D eigenvalue weighted by molar-refractivity contribution is 5.95. The normalized spacial score (nSPS) is 16.9. The molecule has 4 nitrogen and oxygen atoms in total. The van der Waals surface area contributed by atoms with Crippen molar-refractivity contribution < 1.29 is 9.18 Å². The molecular weight excluding hydrogens is 329 g/mol. The van der Waals surface area contributed by atoms with Gasteiger partial charge in [0.1, 0.15) is 5.82 Å². The Bertz CT molecular complexity index is 943. The van der Waals surface area contributed by atoms with Crippen LogP contribution in [0.15, 0.2) is 48.5 Å². The average molecular weight is 351 g/mol. The monoisotopic (exact) mass is 351 g/mol. The Morgan fingerprint density at radius 2 is 2.08 bits per heavy atom. The summed E-state index contributed by atoms with van der Waals surface area (Å²) >= 11 is 0. The molecule has 0 radical (unpaired) electrons. The van der Waals surface area contributed by atoms with Gasteiger partial charge in [-0.2, -0.15) is 0 Å². The van der Waals surface area contributed by atoms with Crippen LogP contribution in [-0.4, -0.2) is 35.9 Å². The lowest BCUT2D eigenvalue weighted by Crippen LogP contribution is -2.27. The minimum Gasteiger partial charge on any atom is -0.357 e. The summed E-state index contributed by atoms with van der Waals surface area (Å²) in [7, 11) is 1.80. The van der Waals surface area contributed by atoms with Crippen molar-refractivity contribution in [2.24, 2.45) is 0 Å². The topological polar surface area (TPSA) is 48.1 Å². The highest BCUT2D eigenvalue weighted by Crippen LogP contribution is 2.27. The van der Waals surface area contributed by atoms with Gasteiger partial charge in [-0.25, -0.2) is 4.39 Å². The second-order valence-electron chi connectivity index (χ2n) is 6.96. The summed E-state index contributed by atoms with van der Waals surface area (Å²) in [6.07, 6.45) is 1.06. The fourth-order valence-corrected chi connectivity index (χ4v) is 3.75. The first-order chi connectivity index (χ1) is 12.6. The predicted octanol–water partition coefficient (Wildman–Crippen LogP) is 3.66. The van der Waals surface area contributed by atoms with Crippen LogP contribution in [0, 0.1) is 5.82 Å². The molecule has 2 heterocycles. The Kier molecular flexibility index (Phi) is 4.47. The molecule has 4 rings (SSSR count). The highest BCUT2D eigenvalue weighted by Gasteiger charge is 2.23. The van der Waals surface area contributed by atoms with Crippen LogP contribution in [0.5, 0.6) is 0 Å². The number of aromatic amines is 1. The quantitative estimate of drug-likeness (QED) is 0.754. The van der Waals surface area contributed by atoms with Crippen LogP contribution in [0.3, 0.4) is 0 Å². The average Bonchev–Trinajstić information content (AvgIpc) is 3.30. The first-order valence-electron chi connectivity index (χ1n) is 8.94. The SMILES string of the molecule is CN(Cc1cc2cc(F)ccc2[nH]1)C(=O)c1ccccc1[C@H]1CCNC1. The molecule has 0 spiro atoms. The summed E-state index contributed by atoms with van der Waals surface area (Å²) < 4.78 is 13.4. The highest BCUT2D eigenvalue weighted by atomic mass is 19.1. The lowest BCUT2D eigenvalue weighted by atomic mass is 9.93. The molecule has 2 aromatic carbocycles. The molecule has 26 heavy (non-hydrogen) atoms. The molecule has 3 aromatic rings. The van der Waals surface area contributed by atoms with E-state index in [9.17, 15) is 9.18 Å². The fraction of sp³-hybridized carbons (Fsp3) is 0.286. The fourth-order valence-electron chi connectivity index (χ4n) is 3.75. The lowest BCUT2D eigenvalue weighted by Gasteiger charge is -2.20. The first kappa shape index (κ1) is 16.8. The number of nitrogens with zero attached hydrogens (tertiary/aromatic N) is 1. The van der Waals surface area contributed by atoms with E-state index >= 15 is 0 Å². The third-order valence-corrected chi connectivity index (χ3v) is 5.08. The van der Waals surface area contributed by atoms with Gasteiger partial charge in [0.2, 0.25) is 0 Å². The van der Waals surface area contributed by atoms with Crippen LogP contribution in [0.2, 0.25) is 0 Å². The summed E-state index contributed by atoms with van der Waals surface area (Å²) in [6, 6.07) is 14.4. The number of rotatable bonds is 4. The van der Waals surface area contributed by atoms with Crippen molar-refractivity contribution >= 4 is 16.8 Å². The van der Waals surface area contributed by atoms with Gasteiger partial charge < -0.3 is 15.2 Å². The van der Waals surface area contributed by atoms with Gasteiger partial charge in [-0.05, 0) is 54.8 Å². The number of fused-ring (bicyclic) bond motifs is 1. The molecule has 2 N–H and O–H groups in total. The number of aromatic nitrogens is 1. The Morgan fingerprint density at radius 1 is 1.23 bits per heavy atom. The van der Waals surface area contributed by atoms with E-state index in [4.69, 9.17) is 0 Å². The van der Waals surface area contributed by atoms with Crippen molar-refractivity contribution in [2.45, 2.75) is 18.9 Å². The number of halogens is 1. The second-order valence-corrected chi connectivity index (χ2v) is 6.96. The molecule has 0 saturated carbocycles. The third kappa shape index (κ3) is 3.22. The van der Waals surface area contributed by atoms with Crippen molar-refractivity contribution in [2.75, 3.05) is 20.1 Å². The number of nitrogens with one attached hydrogen (secondary N) is 2. The van der Waals surface area contributed by atoms with Gasteiger partial charge in [0.05, 0.1) is 6.54 Å². The van der Waals surface area contributed by atoms with Gasteiger partial charge in [-0.1, -0.05) is 18.2 Å². The minimum absolute atomic E-state index is 0.0114. The van der Waals surface area contributed by atoms with Crippen LogP contribution >= 0.6 is 0 Å². The van der Waals surface area contributed by atoms with Crippen LogP contribution in [0.1, 0.15) is 34.0 Å². The van der Waals surface area contributed by atoms with Crippen LogP contribution < -0.4 is 5.32 Å². The van der Waals surface area contributed by atoms with Crippen molar-refractivity contribution in [3.8, 4) is 0 Å². The molecule has 1 saturated heterocycles. The minimum atomic E-state index is -0.258. The molecule has 0 unspecified atom stereocenters. The number of hydrogen-bond acceptors (Lipinski definition) is 2. The standard InChI is InChI=1S/C21H22FN3O/c1-25(13-17-11-15-10-16(22)6-7-20(15)24-17)21(26)19-5-3-2-4-18(19)14-8-9-23-12-14/h2-7,10-11,14,23-24H,8-9,12-13H2,1H3/t14-/m0/s1. The maximum absolute atomic E-state index is 13.4. The van der Waals surface area contributed by atoms with E-state index in [1.54, 1.807) is 18.0 Å². The molecule has 0 aliphatic carbocycles. The molecule has 1 aliphatic heterocycles. The number of carbonyl (C=O) groups excluding carboxylic acids is 1. The molecule has 1 amide bonds. The van der Waals surface area contributed by atoms with Crippen molar-refractivity contribution in [3.05, 3.63) is 71.2 Å². The van der Waals surface area contributed by atoms with E-state index < -0.39 is 0 Å². The van der Waals surface area contributed by atoms with Crippen molar-refractivity contribution in [1.29, 1.82) is 0 Å². The Labute approximate surface area is 152 Å². The summed E-state index contributed by atoms with van der Waals surface area (Å²) in [5.74, 6) is 0.142. The third-order valence-electron chi connectivity index (χ3n) is 5.08. The molecule has 1 fully saturated rings. The van der Waals surface area contributed by atoms with Crippen molar-refractivity contribution in [3.63, 3.8) is 0 Å². The van der Waals surface area contributed by atoms with Crippen LogP contribution in [0.25, 0.3) is 10.9 Å². The summed E-state index contributed by atoms with van der Waals surface area (Å²) in [5, 5.41) is 4.18. The zero-order valence-corrected chi connectivity index (χ0v) is 14.8. The number of amides is 1. The van der Waals surface area contributed by atoms with E-state index in [0.29, 0.717) is 12.5 Å². The molecule has 1 aliphatic rings. The van der Waals surface area contributed by atoms with Crippen LogP contribution in [-0.2, 0) is 6.54 Å². The molecule has 1 aromatic heterocycles. The van der Waals surface area contributed by atoms with Crippen LogP contribution in [0.4, 0.5) is 4.39 Å². The Hall–Kier alpha value is -2.66. The van der Waals surface area contributed by atoms with Gasteiger partial charge in [0, 0.05) is 35.8 Å². The zero-order valence-electron chi connectivity index (χ0n) is 14.8. The summed E-state index contributed by atoms with van der Waals surface area (Å²) in [4.78, 5) is 18.0. The number of H-pyrrole nitrogens is 1. The van der Waals surface area contributed by atoms with E-state index in [2.05, 4.69) is 16.4 Å². The first-order valence-corrected chi connectivity index (χ1v) is 8.94. The molecular formula is C21H22FN3O. The van der Waals surface area contributed by atoms with E-state index in [1.807, 2.05) is 24.3 Å². The Morgan fingerprint density at radius 3 is 2.88 bits per heavy atom. The van der Waals surface area contributed by atoms with Crippen molar-refractivity contribution in [1.82, 2.24) is 15.2 Å². The van der Waals surface area contributed by atoms with Gasteiger partial charge in [-0.15, -0.1) is 0 Å². The second kappa shape index (κ2) is 6.92. The van der Waals surface area contributed by atoms with Gasteiger partial charge >= 0.3 is 0 Å². The Balaban J connectivity index is 1.56. The maximum atomic E-state index is 13.4. The largest absolute Gasteiger partial charge is 0.357 e. The molecule has 134 valence electrons. The van der Waals surface area contributed by atoms with Gasteiger partial charge in [0.25, 0.3) is 5.91 Å². The zero-order chi connectivity index (χ0) is 18.1. The molecule has 5 heteroatoms. The number of hydrogen-bond donors (Lipinski definition) is 2. The number of benzene rings is 2. The van der Waals surface area contributed by atoms with E-state index in [1.165, 1.54) is 12.1 Å². The summed E-state index contributed by atoms with van der Waals surface area (Å²) in [5.41, 5.74) is 3.65. The summed E-state index contributed by atoms with van der Waals surface area (Å²) in [6.45, 7) is 2.36. The van der Waals surface area contributed by atoms with Gasteiger partial charge in [0.15, 0.2) is 0 Å². The molecule has 1 atom stereocenters. The van der Waals surface area contributed by atoms with Gasteiger partial charge in [-0.3, -0.25) is 4.79 Å². The lowest BCUT2D eigenvalue weighted by molar-refractivity contribution is 0.0782.